The van der Waals surface area contributed by atoms with Gasteiger partial charge in [0, 0.05) is 31.3 Å². The third kappa shape index (κ3) is 7.33. The molecule has 2 heterocycles. The fourth-order valence-electron chi connectivity index (χ4n) is 3.21. The Hall–Kier alpha value is -1.88. The number of aromatic nitrogens is 2. The number of aryl methyl sites for hydroxylation is 2. The second-order valence-corrected chi connectivity index (χ2v) is 9.02. The second-order valence-electron chi connectivity index (χ2n) is 7.04. The molecule has 0 saturated carbocycles. The fraction of sp³-hybridized carbons (Fsp3) is 0.450. The van der Waals surface area contributed by atoms with Crippen molar-refractivity contribution in [3.05, 3.63) is 46.0 Å². The Labute approximate surface area is 199 Å². The molecule has 3 rings (SSSR count). The van der Waals surface area contributed by atoms with Gasteiger partial charge < -0.3 is 25.0 Å². The molecule has 1 fully saturated rings. The number of rotatable bonds is 5. The van der Waals surface area contributed by atoms with Crippen LogP contribution < -0.4 is 15.7 Å². The molecule has 9 nitrogen and oxygen atoms in total. The molecular formula is C20H24Cl3N3O6. The van der Waals surface area contributed by atoms with E-state index in [4.69, 9.17) is 49.4 Å². The minimum atomic E-state index is -0.842. The molecule has 176 valence electrons. The van der Waals surface area contributed by atoms with Gasteiger partial charge in [0.05, 0.1) is 12.7 Å². The number of nitrogens with zero attached hydrogens (tertiary/aromatic N) is 2. The number of hydrogen-bond donors (Lipinski definition) is 3. The molecule has 1 aromatic carbocycles. The smallest absolute Gasteiger partial charge is 0.352 e. The van der Waals surface area contributed by atoms with E-state index in [2.05, 4.69) is 10.3 Å². The molecule has 3 atom stereocenters. The van der Waals surface area contributed by atoms with Gasteiger partial charge in [-0.2, -0.15) is 4.98 Å². The summed E-state index contributed by atoms with van der Waals surface area (Å²) < 4.78 is 11.8. The first-order chi connectivity index (χ1) is 15.0. The van der Waals surface area contributed by atoms with E-state index in [0.29, 0.717) is 11.4 Å². The lowest BCUT2D eigenvalue weighted by molar-refractivity contribution is -0.114. The lowest BCUT2D eigenvalue weighted by Gasteiger charge is -2.16. The monoisotopic (exact) mass is 507 g/mol. The summed E-state index contributed by atoms with van der Waals surface area (Å²) in [6, 6.07) is 5.07. The highest BCUT2D eigenvalue weighted by atomic mass is 35.6. The zero-order chi connectivity index (χ0) is 24.0. The van der Waals surface area contributed by atoms with Crippen molar-refractivity contribution in [1.29, 1.82) is 0 Å². The number of anilines is 1. The molecule has 1 amide bonds. The van der Waals surface area contributed by atoms with Crippen molar-refractivity contribution in [2.75, 3.05) is 11.9 Å². The number of aliphatic hydroxyl groups is 2. The number of nitrogens with one attached hydrogen (secondary N) is 1. The largest absolute Gasteiger partial charge is 0.438 e. The van der Waals surface area contributed by atoms with Crippen molar-refractivity contribution in [3.63, 3.8) is 0 Å². The number of hydrogen-bond acceptors (Lipinski definition) is 7. The van der Waals surface area contributed by atoms with Gasteiger partial charge in [0.1, 0.15) is 18.1 Å². The third-order valence-electron chi connectivity index (χ3n) is 4.49. The molecule has 1 aliphatic rings. The van der Waals surface area contributed by atoms with Crippen LogP contribution in [-0.2, 0) is 9.53 Å². The topological polar surface area (TPSA) is 123 Å². The number of halogens is 3. The number of benzene rings is 1. The van der Waals surface area contributed by atoms with Gasteiger partial charge in [0.15, 0.2) is 4.30 Å². The van der Waals surface area contributed by atoms with Crippen LogP contribution >= 0.6 is 34.8 Å². The first-order valence-corrected chi connectivity index (χ1v) is 10.8. The van der Waals surface area contributed by atoms with Crippen molar-refractivity contribution < 1.29 is 24.5 Å². The molecule has 32 heavy (non-hydrogen) atoms. The molecular weight excluding hydrogens is 485 g/mol. The van der Waals surface area contributed by atoms with E-state index in [0.717, 1.165) is 11.1 Å². The van der Waals surface area contributed by atoms with Crippen LogP contribution in [0.2, 0.25) is 0 Å². The Bertz CT molecular complexity index is 975. The van der Waals surface area contributed by atoms with Crippen LogP contribution in [-0.4, -0.2) is 48.8 Å². The first kappa shape index (κ1) is 26.4. The predicted octanol–water partition coefficient (Wildman–Crippen LogP) is 3.24. The van der Waals surface area contributed by atoms with E-state index in [1.165, 1.54) is 23.8 Å². The molecule has 0 radical (unpaired) electrons. The van der Waals surface area contributed by atoms with E-state index in [1.54, 1.807) is 12.1 Å². The Morgan fingerprint density at radius 2 is 1.94 bits per heavy atom. The molecule has 2 aromatic rings. The van der Waals surface area contributed by atoms with Crippen molar-refractivity contribution in [3.8, 4) is 11.6 Å². The van der Waals surface area contributed by atoms with Crippen molar-refractivity contribution in [1.82, 2.24) is 9.55 Å². The molecule has 0 bridgehead atoms. The molecule has 0 unspecified atom stereocenters. The average molecular weight is 509 g/mol. The normalized spacial score (nSPS) is 20.0. The SMILES string of the molecule is CC(=O)Nc1cc(C)c(Oc2ccn([C@H]3C[C@H](O)[C@@H](CO)O3)c(=O)n2)c(C)c1.ClC(Cl)Cl. The minimum absolute atomic E-state index is 0.122. The summed E-state index contributed by atoms with van der Waals surface area (Å²) in [6.45, 7) is 4.77. The summed E-state index contributed by atoms with van der Waals surface area (Å²) >= 11 is 14.4. The number of carbonyl (C=O) groups is 1. The molecule has 1 saturated heterocycles. The maximum Gasteiger partial charge on any atom is 0.352 e. The second kappa shape index (κ2) is 11.8. The fourth-order valence-corrected chi connectivity index (χ4v) is 3.21. The minimum Gasteiger partial charge on any atom is -0.438 e. The van der Waals surface area contributed by atoms with Crippen molar-refractivity contribution in [2.45, 2.75) is 49.9 Å². The van der Waals surface area contributed by atoms with Crippen LogP contribution in [0.4, 0.5) is 5.69 Å². The summed E-state index contributed by atoms with van der Waals surface area (Å²) in [5.74, 6) is 0.504. The molecule has 0 aliphatic carbocycles. The number of carbonyl (C=O) groups excluding carboxylic acids is 1. The third-order valence-corrected chi connectivity index (χ3v) is 4.49. The van der Waals surface area contributed by atoms with Crippen molar-refractivity contribution >= 4 is 46.4 Å². The van der Waals surface area contributed by atoms with Gasteiger partial charge >= 0.3 is 5.69 Å². The summed E-state index contributed by atoms with van der Waals surface area (Å²) in [4.78, 5) is 27.5. The number of amides is 1. The van der Waals surface area contributed by atoms with Crippen molar-refractivity contribution in [2.24, 2.45) is 0 Å². The van der Waals surface area contributed by atoms with Gasteiger partial charge in [-0.15, -0.1) is 0 Å². The Balaban J connectivity index is 0.000000837. The Kier molecular flexibility index (Phi) is 9.75. The molecule has 1 aliphatic heterocycles. The molecule has 3 N–H and O–H groups in total. The van der Waals surface area contributed by atoms with E-state index in [-0.39, 0.29) is 24.8 Å². The molecule has 12 heteroatoms. The average Bonchev–Trinajstić information content (AvgIpc) is 3.04. The maximum absolute atomic E-state index is 12.4. The number of aliphatic hydroxyl groups excluding tert-OH is 2. The Morgan fingerprint density at radius 1 is 1.34 bits per heavy atom. The van der Waals surface area contributed by atoms with Crippen LogP contribution in [0.1, 0.15) is 30.7 Å². The summed E-state index contributed by atoms with van der Waals surface area (Å²) in [5.41, 5.74) is 1.64. The van der Waals surface area contributed by atoms with E-state index in [9.17, 15) is 14.7 Å². The van der Waals surface area contributed by atoms with Crippen LogP contribution in [0, 0.1) is 13.8 Å². The van der Waals surface area contributed by atoms with Crippen LogP contribution in [0.5, 0.6) is 11.6 Å². The zero-order valence-electron chi connectivity index (χ0n) is 17.6. The van der Waals surface area contributed by atoms with Crippen LogP contribution in [0.15, 0.2) is 29.2 Å². The quantitative estimate of drug-likeness (QED) is 0.530. The van der Waals surface area contributed by atoms with Crippen LogP contribution in [0.3, 0.4) is 0 Å². The van der Waals surface area contributed by atoms with E-state index in [1.807, 2.05) is 13.8 Å². The Morgan fingerprint density at radius 3 is 2.41 bits per heavy atom. The van der Waals surface area contributed by atoms with Gasteiger partial charge in [0.2, 0.25) is 11.8 Å². The van der Waals surface area contributed by atoms with E-state index < -0.39 is 28.4 Å². The maximum atomic E-state index is 12.4. The number of ether oxygens (including phenoxy) is 2. The van der Waals surface area contributed by atoms with Gasteiger partial charge in [-0.1, -0.05) is 34.8 Å². The highest BCUT2D eigenvalue weighted by Crippen LogP contribution is 2.31. The summed E-state index contributed by atoms with van der Waals surface area (Å²) in [7, 11) is 0. The first-order valence-electron chi connectivity index (χ1n) is 9.54. The highest BCUT2D eigenvalue weighted by molar-refractivity contribution is 6.63. The van der Waals surface area contributed by atoms with Gasteiger partial charge in [-0.25, -0.2) is 4.79 Å². The summed E-state index contributed by atoms with van der Waals surface area (Å²) in [5, 5.41) is 21.7. The van der Waals surface area contributed by atoms with Gasteiger partial charge in [-0.05, 0) is 37.1 Å². The lowest BCUT2D eigenvalue weighted by atomic mass is 10.1. The standard InChI is InChI=1S/C19H23N3O6.CHCl3/c1-10-6-13(20-12(3)24)7-11(2)18(10)28-16-4-5-22(19(26)21-16)17-8-14(25)15(9-23)27-17;2-1(3)4/h4-7,14-15,17,23,25H,8-9H2,1-3H3,(H,20,24);1H/t14-,15+,17+;/m0./s1. The zero-order valence-corrected chi connectivity index (χ0v) is 19.9. The van der Waals surface area contributed by atoms with E-state index >= 15 is 0 Å². The predicted molar refractivity (Wildman–Crippen MR) is 122 cm³/mol. The van der Waals surface area contributed by atoms with Gasteiger partial charge in [-0.3, -0.25) is 9.36 Å². The van der Waals surface area contributed by atoms with Crippen LogP contribution in [0.25, 0.3) is 0 Å². The summed E-state index contributed by atoms with van der Waals surface area (Å²) in [6.07, 6.45) is -0.583. The highest BCUT2D eigenvalue weighted by Gasteiger charge is 2.35. The molecule has 0 spiro atoms. The molecule has 1 aromatic heterocycles. The lowest BCUT2D eigenvalue weighted by Crippen LogP contribution is -2.27. The van der Waals surface area contributed by atoms with Gasteiger partial charge in [0.25, 0.3) is 0 Å². The number of alkyl halides is 3.